The number of para-hydroxylation sites is 1. The van der Waals surface area contributed by atoms with Crippen LogP contribution >= 0.6 is 11.6 Å². The van der Waals surface area contributed by atoms with Crippen molar-refractivity contribution in [2.24, 2.45) is 0 Å². The summed E-state index contributed by atoms with van der Waals surface area (Å²) < 4.78 is 11.2. The summed E-state index contributed by atoms with van der Waals surface area (Å²) in [6, 6.07) is 6.49. The molecule has 192 valence electrons. The number of allylic oxidation sites excluding steroid dienone is 2. The molecule has 36 heavy (non-hydrogen) atoms. The number of carboxylic acids is 1. The summed E-state index contributed by atoms with van der Waals surface area (Å²) in [5, 5.41) is 12.3. The number of aliphatic carboxylic acids is 1. The Labute approximate surface area is 215 Å². The molecular formula is C27H31ClN2O6. The van der Waals surface area contributed by atoms with E-state index < -0.39 is 18.0 Å². The van der Waals surface area contributed by atoms with Gasteiger partial charge in [0.15, 0.2) is 0 Å². The van der Waals surface area contributed by atoms with E-state index in [1.165, 1.54) is 4.90 Å². The molecule has 0 radical (unpaired) electrons. The van der Waals surface area contributed by atoms with Crippen molar-refractivity contribution < 1.29 is 29.0 Å². The number of methoxy groups -OCH3 is 1. The van der Waals surface area contributed by atoms with Gasteiger partial charge in [0.2, 0.25) is 0 Å². The Balaban J connectivity index is 2.16. The number of carbonyl (C=O) groups is 3. The standard InChI is InChI=1S/C27H31ClN2O6/c1-5-14-30(27(34)29-21-9-7-6-8-20(21)28)24-18(12-10-16(2)11-13-22(31)32)25(35-4)17(3)19-15-36-26(33)23(19)24/h6-10H,5,11-15H2,1-4H3,(H,29,34)(H,31,32)/b16-10+. The first-order valence-electron chi connectivity index (χ1n) is 11.8. The van der Waals surface area contributed by atoms with Crippen LogP contribution in [-0.2, 0) is 22.6 Å². The lowest BCUT2D eigenvalue weighted by molar-refractivity contribution is -0.136. The third kappa shape index (κ3) is 5.82. The van der Waals surface area contributed by atoms with E-state index in [-0.39, 0.29) is 13.0 Å². The number of hydrogen-bond donors (Lipinski definition) is 2. The second kappa shape index (κ2) is 11.9. The van der Waals surface area contributed by atoms with E-state index in [4.69, 9.17) is 26.2 Å². The van der Waals surface area contributed by atoms with Crippen LogP contribution in [0.4, 0.5) is 16.2 Å². The summed E-state index contributed by atoms with van der Waals surface area (Å²) in [5.41, 5.74) is 4.24. The van der Waals surface area contributed by atoms with Crippen LogP contribution in [0.2, 0.25) is 5.02 Å². The number of rotatable bonds is 10. The number of benzene rings is 2. The van der Waals surface area contributed by atoms with Crippen molar-refractivity contribution in [3.8, 4) is 5.75 Å². The Morgan fingerprint density at radius 1 is 1.28 bits per heavy atom. The number of urea groups is 1. The molecular weight excluding hydrogens is 484 g/mol. The molecule has 0 aliphatic carbocycles. The van der Waals surface area contributed by atoms with Gasteiger partial charge < -0.3 is 19.9 Å². The Hall–Kier alpha value is -3.52. The van der Waals surface area contributed by atoms with Crippen LogP contribution in [0.15, 0.2) is 35.9 Å². The first-order chi connectivity index (χ1) is 17.2. The molecule has 2 aromatic rings. The molecule has 2 N–H and O–H groups in total. The van der Waals surface area contributed by atoms with Gasteiger partial charge in [0, 0.05) is 24.1 Å². The molecule has 0 fully saturated rings. The van der Waals surface area contributed by atoms with Crippen LogP contribution in [0.3, 0.4) is 0 Å². The van der Waals surface area contributed by atoms with Crippen molar-refractivity contribution in [2.75, 3.05) is 23.9 Å². The number of nitrogens with one attached hydrogen (secondary N) is 1. The first kappa shape index (κ1) is 27.1. The van der Waals surface area contributed by atoms with Gasteiger partial charge in [0.25, 0.3) is 0 Å². The summed E-state index contributed by atoms with van der Waals surface area (Å²) in [6.45, 7) is 6.09. The summed E-state index contributed by atoms with van der Waals surface area (Å²) in [5.74, 6) is -0.802. The fraction of sp³-hybridized carbons (Fsp3) is 0.370. The van der Waals surface area contributed by atoms with Gasteiger partial charge in [-0.25, -0.2) is 9.59 Å². The third-order valence-electron chi connectivity index (χ3n) is 6.11. The molecule has 0 bridgehead atoms. The number of ether oxygens (including phenoxy) is 2. The highest BCUT2D eigenvalue weighted by atomic mass is 35.5. The second-order valence-electron chi connectivity index (χ2n) is 8.63. The van der Waals surface area contributed by atoms with Gasteiger partial charge in [-0.15, -0.1) is 0 Å². The normalized spacial score (nSPS) is 12.7. The quantitative estimate of drug-likeness (QED) is 0.292. The van der Waals surface area contributed by atoms with Gasteiger partial charge in [-0.05, 0) is 50.8 Å². The second-order valence-corrected chi connectivity index (χ2v) is 9.03. The van der Waals surface area contributed by atoms with Crippen molar-refractivity contribution in [2.45, 2.75) is 53.1 Å². The molecule has 9 heteroatoms. The Morgan fingerprint density at radius 3 is 2.64 bits per heavy atom. The smallest absolute Gasteiger partial charge is 0.341 e. The number of amides is 2. The Morgan fingerprint density at radius 2 is 2.00 bits per heavy atom. The lowest BCUT2D eigenvalue weighted by atomic mass is 9.92. The molecule has 2 aromatic carbocycles. The zero-order valence-electron chi connectivity index (χ0n) is 20.9. The number of carboxylic acid groups (broad SMARTS) is 1. The zero-order chi connectivity index (χ0) is 26.4. The number of hydrogen-bond acceptors (Lipinski definition) is 5. The average Bonchev–Trinajstić information content (AvgIpc) is 3.23. The van der Waals surface area contributed by atoms with Gasteiger partial charge in [0.05, 0.1) is 29.1 Å². The predicted molar refractivity (Wildman–Crippen MR) is 139 cm³/mol. The maximum Gasteiger partial charge on any atom is 0.341 e. The van der Waals surface area contributed by atoms with Crippen LogP contribution in [0, 0.1) is 6.92 Å². The van der Waals surface area contributed by atoms with Crippen LogP contribution in [0.25, 0.3) is 0 Å². The van der Waals surface area contributed by atoms with Crippen LogP contribution in [0.1, 0.15) is 60.2 Å². The minimum Gasteiger partial charge on any atom is -0.496 e. The highest BCUT2D eigenvalue weighted by Crippen LogP contribution is 2.43. The van der Waals surface area contributed by atoms with Gasteiger partial charge in [0.1, 0.15) is 12.4 Å². The predicted octanol–water partition coefficient (Wildman–Crippen LogP) is 6.13. The van der Waals surface area contributed by atoms with Gasteiger partial charge in [-0.1, -0.05) is 42.3 Å². The maximum atomic E-state index is 13.6. The van der Waals surface area contributed by atoms with Crippen molar-refractivity contribution in [1.82, 2.24) is 0 Å². The highest BCUT2D eigenvalue weighted by molar-refractivity contribution is 6.33. The Kier molecular flexibility index (Phi) is 8.98. The van der Waals surface area contributed by atoms with E-state index in [9.17, 15) is 14.4 Å². The Bertz CT molecular complexity index is 1210. The molecule has 2 amide bonds. The number of esters is 1. The van der Waals surface area contributed by atoms with Crippen LogP contribution in [0.5, 0.6) is 5.75 Å². The van der Waals surface area contributed by atoms with E-state index in [0.717, 1.165) is 11.1 Å². The number of nitrogens with zero attached hydrogens (tertiary/aromatic N) is 1. The van der Waals surface area contributed by atoms with E-state index >= 15 is 0 Å². The van der Waals surface area contributed by atoms with E-state index in [2.05, 4.69) is 5.32 Å². The van der Waals surface area contributed by atoms with Crippen molar-refractivity contribution in [3.05, 3.63) is 63.2 Å². The van der Waals surface area contributed by atoms with E-state index in [0.29, 0.717) is 64.6 Å². The van der Waals surface area contributed by atoms with Crippen LogP contribution in [-0.4, -0.2) is 36.7 Å². The highest BCUT2D eigenvalue weighted by Gasteiger charge is 2.36. The largest absolute Gasteiger partial charge is 0.496 e. The molecule has 0 spiro atoms. The first-order valence-corrected chi connectivity index (χ1v) is 12.2. The molecule has 1 aliphatic heterocycles. The maximum absolute atomic E-state index is 13.6. The molecule has 0 saturated carbocycles. The lowest BCUT2D eigenvalue weighted by Gasteiger charge is -2.29. The number of carbonyl (C=O) groups excluding carboxylic acids is 2. The monoisotopic (exact) mass is 514 g/mol. The molecule has 3 rings (SSSR count). The SMILES string of the molecule is CCCN(C(=O)Nc1ccccc1Cl)c1c(C/C=C(\C)CCC(=O)O)c(OC)c(C)c2c1C(=O)OC2. The number of cyclic esters (lactones) is 1. The van der Waals surface area contributed by atoms with Crippen LogP contribution < -0.4 is 15.0 Å². The third-order valence-corrected chi connectivity index (χ3v) is 6.44. The van der Waals surface area contributed by atoms with Gasteiger partial charge in [-0.3, -0.25) is 9.69 Å². The van der Waals surface area contributed by atoms with Gasteiger partial charge >= 0.3 is 18.0 Å². The molecule has 8 nitrogen and oxygen atoms in total. The average molecular weight is 515 g/mol. The molecule has 0 unspecified atom stereocenters. The molecule has 0 saturated heterocycles. The lowest BCUT2D eigenvalue weighted by Crippen LogP contribution is -2.37. The summed E-state index contributed by atoms with van der Waals surface area (Å²) in [6.07, 6.45) is 3.29. The number of halogens is 1. The van der Waals surface area contributed by atoms with E-state index in [1.54, 1.807) is 31.4 Å². The van der Waals surface area contributed by atoms with E-state index in [1.807, 2.05) is 26.8 Å². The minimum atomic E-state index is -0.873. The molecule has 0 atom stereocenters. The van der Waals surface area contributed by atoms with Crippen molar-refractivity contribution >= 4 is 40.9 Å². The minimum absolute atomic E-state index is 0.0179. The number of fused-ring (bicyclic) bond motifs is 1. The molecule has 1 heterocycles. The number of anilines is 2. The zero-order valence-corrected chi connectivity index (χ0v) is 21.7. The molecule has 0 aromatic heterocycles. The van der Waals surface area contributed by atoms with Crippen molar-refractivity contribution in [3.63, 3.8) is 0 Å². The molecule has 1 aliphatic rings. The summed E-state index contributed by atoms with van der Waals surface area (Å²) in [4.78, 5) is 39.0. The van der Waals surface area contributed by atoms with Gasteiger partial charge in [-0.2, -0.15) is 0 Å². The topological polar surface area (TPSA) is 105 Å². The fourth-order valence-electron chi connectivity index (χ4n) is 4.29. The summed E-state index contributed by atoms with van der Waals surface area (Å²) >= 11 is 6.27. The van der Waals surface area contributed by atoms with Crippen molar-refractivity contribution in [1.29, 1.82) is 0 Å². The fourth-order valence-corrected chi connectivity index (χ4v) is 4.48. The summed E-state index contributed by atoms with van der Waals surface area (Å²) in [7, 11) is 1.55.